The summed E-state index contributed by atoms with van der Waals surface area (Å²) in [6.45, 7) is 5.46. The third-order valence-corrected chi connectivity index (χ3v) is 5.50. The van der Waals surface area contributed by atoms with Crippen LogP contribution in [0.5, 0.6) is 0 Å². The summed E-state index contributed by atoms with van der Waals surface area (Å²) in [5.41, 5.74) is -0.479. The molecule has 1 atom stereocenters. The van der Waals surface area contributed by atoms with Crippen molar-refractivity contribution in [2.75, 3.05) is 39.4 Å². The minimum atomic E-state index is -4.38. The van der Waals surface area contributed by atoms with Gasteiger partial charge in [-0.05, 0) is 74.9 Å². The molecule has 2 saturated heterocycles. The number of carbonyl (C=O) groups is 1. The van der Waals surface area contributed by atoms with Crippen LogP contribution in [-0.2, 0) is 10.9 Å². The predicted octanol–water partition coefficient (Wildman–Crippen LogP) is 3.57. The molecule has 1 unspecified atom stereocenters. The highest BCUT2D eigenvalue weighted by atomic mass is 19.4. The number of nitrogens with one attached hydrogen (secondary N) is 1. The van der Waals surface area contributed by atoms with Gasteiger partial charge in [-0.15, -0.1) is 0 Å². The van der Waals surface area contributed by atoms with E-state index < -0.39 is 11.7 Å². The molecule has 1 aromatic rings. The van der Waals surface area contributed by atoms with E-state index in [4.69, 9.17) is 4.74 Å². The van der Waals surface area contributed by atoms with Crippen LogP contribution in [0.15, 0.2) is 24.3 Å². The highest BCUT2D eigenvalue weighted by Crippen LogP contribution is 2.29. The van der Waals surface area contributed by atoms with E-state index in [0.29, 0.717) is 18.4 Å². The molecule has 2 fully saturated rings. The molecule has 4 nitrogen and oxygen atoms in total. The number of nitrogens with zero attached hydrogens (tertiary/aromatic N) is 1. The largest absolute Gasteiger partial charge is 0.416 e. The molecule has 2 aliphatic heterocycles. The van der Waals surface area contributed by atoms with Crippen LogP contribution in [0.1, 0.15) is 41.6 Å². The number of amides is 1. The molecule has 27 heavy (non-hydrogen) atoms. The first-order valence-electron chi connectivity index (χ1n) is 9.67. The summed E-state index contributed by atoms with van der Waals surface area (Å²) in [6.07, 6.45) is 0.0642. The Bertz CT molecular complexity index is 605. The lowest BCUT2D eigenvalue weighted by molar-refractivity contribution is -0.137. The van der Waals surface area contributed by atoms with E-state index in [0.717, 1.165) is 64.2 Å². The lowest BCUT2D eigenvalue weighted by Gasteiger charge is -2.35. The van der Waals surface area contributed by atoms with Gasteiger partial charge in [0.25, 0.3) is 5.91 Å². The molecule has 2 aliphatic rings. The van der Waals surface area contributed by atoms with E-state index in [1.54, 1.807) is 0 Å². The van der Waals surface area contributed by atoms with Gasteiger partial charge in [0, 0.05) is 25.3 Å². The van der Waals surface area contributed by atoms with Crippen molar-refractivity contribution in [3.8, 4) is 0 Å². The van der Waals surface area contributed by atoms with Gasteiger partial charge in [-0.1, -0.05) is 0 Å². The first kappa shape index (κ1) is 20.1. The summed E-state index contributed by atoms with van der Waals surface area (Å²) < 4.78 is 43.3. The number of ether oxygens (including phenoxy) is 1. The van der Waals surface area contributed by atoms with Gasteiger partial charge < -0.3 is 15.0 Å². The average Bonchev–Trinajstić information content (AvgIpc) is 2.67. The molecular weight excluding hydrogens is 357 g/mol. The van der Waals surface area contributed by atoms with E-state index in [1.165, 1.54) is 18.6 Å². The number of likely N-dealkylation sites (tertiary alicyclic amines) is 1. The fraction of sp³-hybridized carbons (Fsp3) is 0.650. The Balaban J connectivity index is 1.38. The average molecular weight is 384 g/mol. The fourth-order valence-electron chi connectivity index (χ4n) is 3.84. The second kappa shape index (κ2) is 9.06. The standard InChI is InChI=1S/C20H27F3N2O2/c21-20(22,23)18-5-3-17(4-6-18)19(26)24-12-15-7-9-25(10-8-15)13-16-2-1-11-27-14-16/h3-6,15-16H,1-2,7-14H2,(H,24,26). The van der Waals surface area contributed by atoms with Crippen molar-refractivity contribution in [1.82, 2.24) is 10.2 Å². The normalized spacial score (nSPS) is 22.6. The van der Waals surface area contributed by atoms with Gasteiger partial charge >= 0.3 is 6.18 Å². The molecule has 0 aliphatic carbocycles. The molecule has 0 aromatic heterocycles. The third-order valence-electron chi connectivity index (χ3n) is 5.50. The lowest BCUT2D eigenvalue weighted by atomic mass is 9.94. The fourth-order valence-corrected chi connectivity index (χ4v) is 3.84. The summed E-state index contributed by atoms with van der Waals surface area (Å²) in [7, 11) is 0. The van der Waals surface area contributed by atoms with E-state index in [9.17, 15) is 18.0 Å². The molecular formula is C20H27F3N2O2. The highest BCUT2D eigenvalue weighted by molar-refractivity contribution is 5.94. The first-order chi connectivity index (χ1) is 12.9. The number of hydrogen-bond acceptors (Lipinski definition) is 3. The van der Waals surface area contributed by atoms with Crippen LogP contribution in [0, 0.1) is 11.8 Å². The molecule has 0 saturated carbocycles. The minimum absolute atomic E-state index is 0.262. The maximum atomic E-state index is 12.6. The number of rotatable bonds is 5. The lowest BCUT2D eigenvalue weighted by Crippen LogP contribution is -2.41. The van der Waals surface area contributed by atoms with Crippen LogP contribution in [0.4, 0.5) is 13.2 Å². The zero-order chi connectivity index (χ0) is 19.3. The number of halogens is 3. The predicted molar refractivity (Wildman–Crippen MR) is 96.5 cm³/mol. The summed E-state index contributed by atoms with van der Waals surface area (Å²) in [4.78, 5) is 14.6. The monoisotopic (exact) mass is 384 g/mol. The minimum Gasteiger partial charge on any atom is -0.381 e. The summed E-state index contributed by atoms with van der Waals surface area (Å²) in [6, 6.07) is 4.35. The van der Waals surface area contributed by atoms with E-state index in [1.807, 2.05) is 0 Å². The van der Waals surface area contributed by atoms with Gasteiger partial charge in [0.05, 0.1) is 12.2 Å². The molecule has 0 bridgehead atoms. The maximum Gasteiger partial charge on any atom is 0.416 e. The van der Waals surface area contributed by atoms with Crippen molar-refractivity contribution in [3.63, 3.8) is 0 Å². The van der Waals surface area contributed by atoms with Crippen LogP contribution in [0.2, 0.25) is 0 Å². The molecule has 0 radical (unpaired) electrons. The Morgan fingerprint density at radius 2 is 1.81 bits per heavy atom. The Morgan fingerprint density at radius 1 is 1.11 bits per heavy atom. The first-order valence-corrected chi connectivity index (χ1v) is 9.67. The molecule has 1 aromatic carbocycles. The Hall–Kier alpha value is -1.60. The number of hydrogen-bond donors (Lipinski definition) is 1. The van der Waals surface area contributed by atoms with Crippen molar-refractivity contribution < 1.29 is 22.7 Å². The van der Waals surface area contributed by atoms with Gasteiger partial charge in [-0.3, -0.25) is 4.79 Å². The zero-order valence-electron chi connectivity index (χ0n) is 15.4. The van der Waals surface area contributed by atoms with Crippen LogP contribution in [-0.4, -0.2) is 50.2 Å². The Labute approximate surface area is 158 Å². The second-order valence-corrected chi connectivity index (χ2v) is 7.61. The number of alkyl halides is 3. The highest BCUT2D eigenvalue weighted by Gasteiger charge is 2.30. The number of piperidine rings is 1. The van der Waals surface area contributed by atoms with Gasteiger partial charge in [-0.25, -0.2) is 0 Å². The molecule has 1 amide bonds. The molecule has 0 spiro atoms. The zero-order valence-corrected chi connectivity index (χ0v) is 15.4. The van der Waals surface area contributed by atoms with Gasteiger partial charge in [0.15, 0.2) is 0 Å². The van der Waals surface area contributed by atoms with Gasteiger partial charge in [0.2, 0.25) is 0 Å². The summed E-state index contributed by atoms with van der Waals surface area (Å²) in [5, 5.41) is 2.86. The molecule has 1 N–H and O–H groups in total. The Morgan fingerprint density at radius 3 is 2.41 bits per heavy atom. The molecule has 150 valence electrons. The van der Waals surface area contributed by atoms with Crippen molar-refractivity contribution in [2.24, 2.45) is 11.8 Å². The van der Waals surface area contributed by atoms with E-state index in [2.05, 4.69) is 10.2 Å². The van der Waals surface area contributed by atoms with Crippen molar-refractivity contribution >= 4 is 5.91 Å². The summed E-state index contributed by atoms with van der Waals surface area (Å²) in [5.74, 6) is 0.738. The van der Waals surface area contributed by atoms with Crippen LogP contribution in [0.3, 0.4) is 0 Å². The second-order valence-electron chi connectivity index (χ2n) is 7.61. The smallest absolute Gasteiger partial charge is 0.381 e. The van der Waals surface area contributed by atoms with E-state index in [-0.39, 0.29) is 11.5 Å². The van der Waals surface area contributed by atoms with Gasteiger partial charge in [0.1, 0.15) is 0 Å². The third kappa shape index (κ3) is 5.94. The SMILES string of the molecule is O=C(NCC1CCN(CC2CCCOC2)CC1)c1ccc(C(F)(F)F)cc1. The summed E-state index contributed by atoms with van der Waals surface area (Å²) >= 11 is 0. The van der Waals surface area contributed by atoms with Crippen molar-refractivity contribution in [3.05, 3.63) is 35.4 Å². The molecule has 7 heteroatoms. The topological polar surface area (TPSA) is 41.6 Å². The molecule has 2 heterocycles. The number of carbonyl (C=O) groups excluding carboxylic acids is 1. The van der Waals surface area contributed by atoms with Crippen LogP contribution < -0.4 is 5.32 Å². The van der Waals surface area contributed by atoms with Crippen molar-refractivity contribution in [2.45, 2.75) is 31.9 Å². The molecule has 3 rings (SSSR count). The van der Waals surface area contributed by atoms with Crippen molar-refractivity contribution in [1.29, 1.82) is 0 Å². The van der Waals surface area contributed by atoms with E-state index >= 15 is 0 Å². The van der Waals surface area contributed by atoms with Crippen LogP contribution >= 0.6 is 0 Å². The Kier molecular flexibility index (Phi) is 6.76. The maximum absolute atomic E-state index is 12.6. The number of benzene rings is 1. The van der Waals surface area contributed by atoms with Gasteiger partial charge in [-0.2, -0.15) is 13.2 Å². The quantitative estimate of drug-likeness (QED) is 0.844. The van der Waals surface area contributed by atoms with Crippen LogP contribution in [0.25, 0.3) is 0 Å².